The Morgan fingerprint density at radius 2 is 2.05 bits per heavy atom. The standard InChI is InChI=1S/C14H16Cl2N2O2/c1-3-14(2)13(20)17-7-11(19)18(14)8-9-5-4-6-10(15)12(9)16/h4-6H,3,7-8H2,1-2H3,(H,17,20). The van der Waals surface area contributed by atoms with Crippen LogP contribution < -0.4 is 5.32 Å². The zero-order valence-corrected chi connectivity index (χ0v) is 12.9. The molecule has 20 heavy (non-hydrogen) atoms. The van der Waals surface area contributed by atoms with Crippen molar-refractivity contribution >= 4 is 35.0 Å². The van der Waals surface area contributed by atoms with E-state index in [1.165, 1.54) is 0 Å². The summed E-state index contributed by atoms with van der Waals surface area (Å²) in [6.07, 6.45) is 0.531. The molecule has 0 aromatic heterocycles. The molecule has 0 spiro atoms. The highest BCUT2D eigenvalue weighted by molar-refractivity contribution is 6.42. The molecular formula is C14H16Cl2N2O2. The number of halogens is 2. The van der Waals surface area contributed by atoms with Crippen molar-refractivity contribution in [2.24, 2.45) is 0 Å². The van der Waals surface area contributed by atoms with E-state index in [4.69, 9.17) is 23.2 Å². The minimum absolute atomic E-state index is 0.0204. The summed E-state index contributed by atoms with van der Waals surface area (Å²) in [6.45, 7) is 3.94. The van der Waals surface area contributed by atoms with Crippen molar-refractivity contribution in [2.75, 3.05) is 6.54 Å². The first-order valence-electron chi connectivity index (χ1n) is 6.41. The quantitative estimate of drug-likeness (QED) is 0.932. The second kappa shape index (κ2) is 5.62. The maximum Gasteiger partial charge on any atom is 0.246 e. The maximum absolute atomic E-state index is 12.2. The van der Waals surface area contributed by atoms with Gasteiger partial charge in [-0.05, 0) is 25.0 Å². The molecule has 1 heterocycles. The van der Waals surface area contributed by atoms with Crippen LogP contribution in [0.1, 0.15) is 25.8 Å². The first-order valence-corrected chi connectivity index (χ1v) is 7.17. The summed E-state index contributed by atoms with van der Waals surface area (Å²) >= 11 is 12.1. The van der Waals surface area contributed by atoms with Gasteiger partial charge in [-0.15, -0.1) is 0 Å². The molecule has 1 aromatic rings. The molecule has 0 bridgehead atoms. The summed E-state index contributed by atoms with van der Waals surface area (Å²) in [5.41, 5.74) is -0.122. The van der Waals surface area contributed by atoms with E-state index in [0.717, 1.165) is 5.56 Å². The highest BCUT2D eigenvalue weighted by Gasteiger charge is 2.44. The molecule has 0 radical (unpaired) electrons. The predicted molar refractivity (Wildman–Crippen MR) is 78.7 cm³/mol. The number of rotatable bonds is 3. The number of benzene rings is 1. The van der Waals surface area contributed by atoms with Gasteiger partial charge in [0.1, 0.15) is 5.54 Å². The Labute approximate surface area is 128 Å². The van der Waals surface area contributed by atoms with E-state index >= 15 is 0 Å². The number of nitrogens with one attached hydrogen (secondary N) is 1. The molecule has 1 unspecified atom stereocenters. The van der Waals surface area contributed by atoms with E-state index in [1.807, 2.05) is 13.0 Å². The zero-order valence-electron chi connectivity index (χ0n) is 11.4. The van der Waals surface area contributed by atoms with Gasteiger partial charge in [0.05, 0.1) is 16.6 Å². The lowest BCUT2D eigenvalue weighted by Crippen LogP contribution is -2.65. The number of carbonyl (C=O) groups is 2. The second-order valence-corrected chi connectivity index (χ2v) is 5.79. The highest BCUT2D eigenvalue weighted by atomic mass is 35.5. The Hall–Kier alpha value is -1.26. The van der Waals surface area contributed by atoms with E-state index in [9.17, 15) is 9.59 Å². The van der Waals surface area contributed by atoms with Crippen LogP contribution in [0.4, 0.5) is 0 Å². The molecule has 1 atom stereocenters. The topological polar surface area (TPSA) is 49.4 Å². The minimum Gasteiger partial charge on any atom is -0.345 e. The third-order valence-electron chi connectivity index (χ3n) is 3.83. The van der Waals surface area contributed by atoms with E-state index < -0.39 is 5.54 Å². The van der Waals surface area contributed by atoms with Crippen molar-refractivity contribution in [3.63, 3.8) is 0 Å². The zero-order chi connectivity index (χ0) is 14.9. The van der Waals surface area contributed by atoms with Crippen LogP contribution in [0.5, 0.6) is 0 Å². The van der Waals surface area contributed by atoms with Gasteiger partial charge in [0.2, 0.25) is 11.8 Å². The molecule has 4 nitrogen and oxygen atoms in total. The average molecular weight is 315 g/mol. The van der Waals surface area contributed by atoms with Crippen LogP contribution in [0.25, 0.3) is 0 Å². The van der Waals surface area contributed by atoms with Crippen molar-refractivity contribution in [1.29, 1.82) is 0 Å². The van der Waals surface area contributed by atoms with E-state index in [2.05, 4.69) is 5.32 Å². The molecule has 0 saturated carbocycles. The fraction of sp³-hybridized carbons (Fsp3) is 0.429. The summed E-state index contributed by atoms with van der Waals surface area (Å²) in [5, 5.41) is 3.49. The van der Waals surface area contributed by atoms with E-state index in [1.54, 1.807) is 24.0 Å². The van der Waals surface area contributed by atoms with Crippen LogP contribution in [-0.4, -0.2) is 28.8 Å². The van der Waals surface area contributed by atoms with Crippen molar-refractivity contribution in [2.45, 2.75) is 32.4 Å². The van der Waals surface area contributed by atoms with E-state index in [-0.39, 0.29) is 24.9 Å². The van der Waals surface area contributed by atoms with Crippen molar-refractivity contribution < 1.29 is 9.59 Å². The van der Waals surface area contributed by atoms with Gasteiger partial charge in [-0.25, -0.2) is 0 Å². The average Bonchev–Trinajstić information content (AvgIpc) is 2.43. The SMILES string of the molecule is CCC1(C)C(=O)NCC(=O)N1Cc1cccc(Cl)c1Cl. The van der Waals surface area contributed by atoms with Gasteiger partial charge in [0, 0.05) is 6.54 Å². The van der Waals surface area contributed by atoms with Crippen LogP contribution in [0.2, 0.25) is 10.0 Å². The van der Waals surface area contributed by atoms with Crippen molar-refractivity contribution in [3.8, 4) is 0 Å². The van der Waals surface area contributed by atoms with Crippen LogP contribution in [-0.2, 0) is 16.1 Å². The number of amides is 2. The molecule has 1 N–H and O–H groups in total. The lowest BCUT2D eigenvalue weighted by Gasteiger charge is -2.43. The van der Waals surface area contributed by atoms with Crippen LogP contribution >= 0.6 is 23.2 Å². The fourth-order valence-corrected chi connectivity index (χ4v) is 2.67. The smallest absolute Gasteiger partial charge is 0.246 e. The second-order valence-electron chi connectivity index (χ2n) is 5.00. The van der Waals surface area contributed by atoms with E-state index in [0.29, 0.717) is 16.5 Å². The van der Waals surface area contributed by atoms with Gasteiger partial charge in [0.25, 0.3) is 0 Å². The van der Waals surface area contributed by atoms with Gasteiger partial charge in [-0.2, -0.15) is 0 Å². The number of nitrogens with zero attached hydrogens (tertiary/aromatic N) is 1. The number of carbonyl (C=O) groups excluding carboxylic acids is 2. The molecule has 108 valence electrons. The summed E-state index contributed by atoms with van der Waals surface area (Å²) in [7, 11) is 0. The van der Waals surface area contributed by atoms with Crippen LogP contribution in [0.15, 0.2) is 18.2 Å². The predicted octanol–water partition coefficient (Wildman–Crippen LogP) is 2.62. The molecule has 1 fully saturated rings. The number of hydrogen-bond acceptors (Lipinski definition) is 2. The molecule has 2 amide bonds. The van der Waals surface area contributed by atoms with Gasteiger partial charge >= 0.3 is 0 Å². The van der Waals surface area contributed by atoms with Crippen LogP contribution in [0.3, 0.4) is 0 Å². The molecule has 1 aliphatic heterocycles. The Balaban J connectivity index is 2.36. The fourth-order valence-electron chi connectivity index (χ4n) is 2.29. The molecule has 1 aromatic carbocycles. The Morgan fingerprint density at radius 3 is 2.70 bits per heavy atom. The summed E-state index contributed by atoms with van der Waals surface area (Å²) < 4.78 is 0. The first kappa shape index (κ1) is 15.1. The lowest BCUT2D eigenvalue weighted by atomic mass is 9.92. The van der Waals surface area contributed by atoms with Gasteiger partial charge < -0.3 is 10.2 Å². The van der Waals surface area contributed by atoms with Crippen LogP contribution in [0, 0.1) is 0 Å². The van der Waals surface area contributed by atoms with Gasteiger partial charge in [-0.3, -0.25) is 9.59 Å². The highest BCUT2D eigenvalue weighted by Crippen LogP contribution is 2.30. The van der Waals surface area contributed by atoms with Gasteiger partial charge in [0.15, 0.2) is 0 Å². The largest absolute Gasteiger partial charge is 0.345 e. The molecule has 2 rings (SSSR count). The Kier molecular flexibility index (Phi) is 4.25. The Bertz CT molecular complexity index is 562. The van der Waals surface area contributed by atoms with Crippen molar-refractivity contribution in [1.82, 2.24) is 10.2 Å². The molecule has 1 saturated heterocycles. The van der Waals surface area contributed by atoms with Gasteiger partial charge in [-0.1, -0.05) is 42.3 Å². The number of hydrogen-bond donors (Lipinski definition) is 1. The Morgan fingerprint density at radius 1 is 1.35 bits per heavy atom. The third kappa shape index (κ3) is 2.50. The van der Waals surface area contributed by atoms with Crippen molar-refractivity contribution in [3.05, 3.63) is 33.8 Å². The molecule has 6 heteroatoms. The minimum atomic E-state index is -0.860. The lowest BCUT2D eigenvalue weighted by molar-refractivity contribution is -0.153. The number of piperazine rings is 1. The normalized spacial score (nSPS) is 22.9. The molecule has 0 aliphatic carbocycles. The third-order valence-corrected chi connectivity index (χ3v) is 4.69. The summed E-state index contributed by atoms with van der Waals surface area (Å²) in [5.74, 6) is -0.261. The summed E-state index contributed by atoms with van der Waals surface area (Å²) in [4.78, 5) is 25.8. The molecular weight excluding hydrogens is 299 g/mol. The molecule has 1 aliphatic rings. The maximum atomic E-state index is 12.2. The summed E-state index contributed by atoms with van der Waals surface area (Å²) in [6, 6.07) is 5.28. The first-order chi connectivity index (χ1) is 9.40. The monoisotopic (exact) mass is 314 g/mol.